The summed E-state index contributed by atoms with van der Waals surface area (Å²) in [6.45, 7) is 5.33. The highest BCUT2D eigenvalue weighted by molar-refractivity contribution is 7.98. The lowest BCUT2D eigenvalue weighted by atomic mass is 9.97. The van der Waals surface area contributed by atoms with Crippen LogP contribution in [0.15, 0.2) is 65.1 Å². The minimum Gasteiger partial charge on any atom is -0.466 e. The second-order valence-electron chi connectivity index (χ2n) is 9.47. The predicted octanol–water partition coefficient (Wildman–Crippen LogP) is 5.33. The molecule has 1 aliphatic rings. The van der Waals surface area contributed by atoms with E-state index >= 15 is 0 Å². The molecule has 1 fully saturated rings. The van der Waals surface area contributed by atoms with Crippen molar-refractivity contribution >= 4 is 35.0 Å². The molecule has 0 unspecified atom stereocenters. The van der Waals surface area contributed by atoms with Crippen molar-refractivity contribution in [1.29, 1.82) is 0 Å². The average Bonchev–Trinajstić information content (AvgIpc) is 3.60. The molecule has 2 aromatic heterocycles. The first-order chi connectivity index (χ1) is 19.0. The van der Waals surface area contributed by atoms with Gasteiger partial charge in [0, 0.05) is 30.6 Å². The molecule has 2 aromatic carbocycles. The van der Waals surface area contributed by atoms with E-state index in [0.29, 0.717) is 50.4 Å². The molecular formula is C29H31N5O3S2. The van der Waals surface area contributed by atoms with Crippen molar-refractivity contribution in [3.05, 3.63) is 87.6 Å². The molecule has 10 heteroatoms. The van der Waals surface area contributed by atoms with E-state index in [1.165, 1.54) is 22.5 Å². The van der Waals surface area contributed by atoms with Gasteiger partial charge >= 0.3 is 5.97 Å². The number of aromatic nitrogens is 4. The lowest BCUT2D eigenvalue weighted by Gasteiger charge is -2.30. The molecule has 0 atom stereocenters. The zero-order valence-electron chi connectivity index (χ0n) is 22.1. The first-order valence-electron chi connectivity index (χ1n) is 13.1. The highest BCUT2D eigenvalue weighted by Crippen LogP contribution is 2.28. The second-order valence-corrected chi connectivity index (χ2v) is 11.4. The Hall–Kier alpha value is -3.50. The standard InChI is InChI=1S/C29H31N5O3S2/c1-3-37-28(36)22-13-15-33(16-14-22)27(35)24-18-38-26(30-24)19-39-29-32-31-25(17-21-7-5-4-6-8-21)34(29)23-11-9-20(2)10-12-23/h4-12,18,22H,3,13-17,19H2,1-2H3. The van der Waals surface area contributed by atoms with Crippen LogP contribution >= 0.6 is 23.1 Å². The summed E-state index contributed by atoms with van der Waals surface area (Å²) in [4.78, 5) is 31.5. The van der Waals surface area contributed by atoms with Gasteiger partial charge < -0.3 is 9.64 Å². The molecule has 5 rings (SSSR count). The molecule has 0 aliphatic carbocycles. The summed E-state index contributed by atoms with van der Waals surface area (Å²) in [6, 6.07) is 18.6. The molecule has 4 aromatic rings. The number of piperidine rings is 1. The van der Waals surface area contributed by atoms with Gasteiger partial charge in [-0.2, -0.15) is 0 Å². The van der Waals surface area contributed by atoms with Crippen molar-refractivity contribution in [2.45, 2.75) is 44.0 Å². The fourth-order valence-electron chi connectivity index (χ4n) is 4.58. The van der Waals surface area contributed by atoms with E-state index in [0.717, 1.165) is 21.7 Å². The Morgan fingerprint density at radius 2 is 1.79 bits per heavy atom. The third kappa shape index (κ3) is 6.57. The number of esters is 1. The number of amides is 1. The van der Waals surface area contributed by atoms with E-state index < -0.39 is 0 Å². The molecule has 39 heavy (non-hydrogen) atoms. The van der Waals surface area contributed by atoms with E-state index in [2.05, 4.69) is 63.1 Å². The molecule has 0 spiro atoms. The SMILES string of the molecule is CCOC(=O)C1CCN(C(=O)c2csc(CSc3nnc(Cc4ccccc4)n3-c3ccc(C)cc3)n2)CC1. The average molecular weight is 562 g/mol. The maximum atomic E-state index is 13.1. The number of hydrogen-bond acceptors (Lipinski definition) is 8. The normalized spacial score (nSPS) is 13.9. The zero-order chi connectivity index (χ0) is 27.2. The number of thiazole rings is 1. The number of carbonyl (C=O) groups excluding carboxylic acids is 2. The van der Waals surface area contributed by atoms with Gasteiger partial charge in [-0.05, 0) is 44.4 Å². The van der Waals surface area contributed by atoms with Crippen LogP contribution in [0.4, 0.5) is 0 Å². The minimum atomic E-state index is -0.164. The summed E-state index contributed by atoms with van der Waals surface area (Å²) < 4.78 is 7.24. The smallest absolute Gasteiger partial charge is 0.309 e. The van der Waals surface area contributed by atoms with Gasteiger partial charge in [0.05, 0.1) is 18.3 Å². The van der Waals surface area contributed by atoms with E-state index in [-0.39, 0.29) is 17.8 Å². The summed E-state index contributed by atoms with van der Waals surface area (Å²) in [5.41, 5.74) is 3.83. The van der Waals surface area contributed by atoms with Crippen LogP contribution in [0.2, 0.25) is 0 Å². The van der Waals surface area contributed by atoms with Gasteiger partial charge in [-0.1, -0.05) is 59.8 Å². The third-order valence-electron chi connectivity index (χ3n) is 6.70. The zero-order valence-corrected chi connectivity index (χ0v) is 23.7. The van der Waals surface area contributed by atoms with Gasteiger partial charge in [-0.25, -0.2) is 4.98 Å². The van der Waals surface area contributed by atoms with E-state index in [1.807, 2.05) is 30.5 Å². The molecule has 0 bridgehead atoms. The minimum absolute atomic E-state index is 0.0854. The van der Waals surface area contributed by atoms with Crippen LogP contribution in [0, 0.1) is 12.8 Å². The Morgan fingerprint density at radius 1 is 1.05 bits per heavy atom. The number of benzene rings is 2. The molecule has 1 aliphatic heterocycles. The van der Waals surface area contributed by atoms with Crippen LogP contribution in [-0.2, 0) is 21.7 Å². The molecule has 3 heterocycles. The lowest BCUT2D eigenvalue weighted by Crippen LogP contribution is -2.40. The van der Waals surface area contributed by atoms with Gasteiger partial charge in [0.15, 0.2) is 5.16 Å². The van der Waals surface area contributed by atoms with Gasteiger partial charge in [0.1, 0.15) is 16.5 Å². The second kappa shape index (κ2) is 12.6. The highest BCUT2D eigenvalue weighted by atomic mass is 32.2. The molecule has 202 valence electrons. The maximum absolute atomic E-state index is 13.1. The van der Waals surface area contributed by atoms with Gasteiger partial charge in [-0.3, -0.25) is 14.2 Å². The Balaban J connectivity index is 1.26. The van der Waals surface area contributed by atoms with Crippen LogP contribution in [0.3, 0.4) is 0 Å². The Labute approximate surface area is 236 Å². The van der Waals surface area contributed by atoms with Gasteiger partial charge in [0.2, 0.25) is 0 Å². The summed E-state index contributed by atoms with van der Waals surface area (Å²) in [5.74, 6) is 1.07. The quantitative estimate of drug-likeness (QED) is 0.202. The summed E-state index contributed by atoms with van der Waals surface area (Å²) in [6.07, 6.45) is 1.92. The fourth-order valence-corrected chi connectivity index (χ4v) is 6.34. The molecule has 1 saturated heterocycles. The van der Waals surface area contributed by atoms with Crippen LogP contribution < -0.4 is 0 Å². The highest BCUT2D eigenvalue weighted by Gasteiger charge is 2.29. The van der Waals surface area contributed by atoms with Gasteiger partial charge in [0.25, 0.3) is 5.91 Å². The van der Waals surface area contributed by atoms with Crippen molar-refractivity contribution < 1.29 is 14.3 Å². The third-order valence-corrected chi connectivity index (χ3v) is 8.67. The van der Waals surface area contributed by atoms with Crippen LogP contribution in [0.1, 0.15) is 52.2 Å². The first kappa shape index (κ1) is 27.1. The van der Waals surface area contributed by atoms with Crippen molar-refractivity contribution in [1.82, 2.24) is 24.6 Å². The molecule has 0 saturated carbocycles. The van der Waals surface area contributed by atoms with E-state index in [1.54, 1.807) is 16.7 Å². The van der Waals surface area contributed by atoms with Crippen LogP contribution in [0.25, 0.3) is 5.69 Å². The Morgan fingerprint density at radius 3 is 2.51 bits per heavy atom. The van der Waals surface area contributed by atoms with Crippen LogP contribution in [0.5, 0.6) is 0 Å². The number of thioether (sulfide) groups is 1. The summed E-state index contributed by atoms with van der Waals surface area (Å²) in [5, 5.41) is 12.5. The number of carbonyl (C=O) groups is 2. The molecule has 0 N–H and O–H groups in total. The van der Waals surface area contributed by atoms with E-state index in [4.69, 9.17) is 4.74 Å². The number of likely N-dealkylation sites (tertiary alicyclic amines) is 1. The summed E-state index contributed by atoms with van der Waals surface area (Å²) in [7, 11) is 0. The van der Waals surface area contributed by atoms with Crippen molar-refractivity contribution in [3.8, 4) is 5.69 Å². The topological polar surface area (TPSA) is 90.2 Å². The monoisotopic (exact) mass is 561 g/mol. The van der Waals surface area contributed by atoms with Crippen molar-refractivity contribution in [2.24, 2.45) is 5.92 Å². The first-order valence-corrected chi connectivity index (χ1v) is 15.0. The molecule has 8 nitrogen and oxygen atoms in total. The molecular weight excluding hydrogens is 530 g/mol. The molecule has 0 radical (unpaired) electrons. The largest absolute Gasteiger partial charge is 0.466 e. The number of hydrogen-bond donors (Lipinski definition) is 0. The Kier molecular flexibility index (Phi) is 8.73. The van der Waals surface area contributed by atoms with E-state index in [9.17, 15) is 9.59 Å². The number of nitrogens with zero attached hydrogens (tertiary/aromatic N) is 5. The number of aryl methyl sites for hydroxylation is 1. The molecule has 1 amide bonds. The number of ether oxygens (including phenoxy) is 1. The lowest BCUT2D eigenvalue weighted by molar-refractivity contribution is -0.149. The maximum Gasteiger partial charge on any atom is 0.309 e. The predicted molar refractivity (Wildman–Crippen MR) is 152 cm³/mol. The number of rotatable bonds is 9. The van der Waals surface area contributed by atoms with Gasteiger partial charge in [-0.15, -0.1) is 21.5 Å². The fraction of sp³-hybridized carbons (Fsp3) is 0.345. The Bertz CT molecular complexity index is 1410. The van der Waals surface area contributed by atoms with Crippen molar-refractivity contribution in [2.75, 3.05) is 19.7 Å². The summed E-state index contributed by atoms with van der Waals surface area (Å²) >= 11 is 3.04. The van der Waals surface area contributed by atoms with Crippen molar-refractivity contribution in [3.63, 3.8) is 0 Å². The van der Waals surface area contributed by atoms with Crippen LogP contribution in [-0.4, -0.2) is 56.2 Å².